The monoisotopic (exact) mass is 290 g/mol. The quantitative estimate of drug-likeness (QED) is 0.828. The van der Waals surface area contributed by atoms with Crippen LogP contribution in [0.2, 0.25) is 0 Å². The fourth-order valence-electron chi connectivity index (χ4n) is 2.81. The van der Waals surface area contributed by atoms with Crippen molar-refractivity contribution in [3.8, 4) is 0 Å². The zero-order valence-electron chi connectivity index (χ0n) is 12.2. The van der Waals surface area contributed by atoms with Crippen LogP contribution < -0.4 is 0 Å². The highest BCUT2D eigenvalue weighted by Crippen LogP contribution is 2.17. The molecule has 0 radical (unpaired) electrons. The van der Waals surface area contributed by atoms with Crippen LogP contribution in [0.3, 0.4) is 0 Å². The lowest BCUT2D eigenvalue weighted by Crippen LogP contribution is -2.38. The van der Waals surface area contributed by atoms with Crippen molar-refractivity contribution in [3.05, 3.63) is 35.9 Å². The molecule has 5 nitrogen and oxygen atoms in total. The summed E-state index contributed by atoms with van der Waals surface area (Å²) in [5, 5.41) is 0. The zero-order valence-corrected chi connectivity index (χ0v) is 12.2. The lowest BCUT2D eigenvalue weighted by Gasteiger charge is -2.27. The minimum atomic E-state index is -0.189. The van der Waals surface area contributed by atoms with Crippen LogP contribution in [0.4, 0.5) is 4.79 Å². The summed E-state index contributed by atoms with van der Waals surface area (Å²) in [5.74, 6) is 0. The molecule has 2 saturated heterocycles. The minimum absolute atomic E-state index is 0.0176. The van der Waals surface area contributed by atoms with Crippen LogP contribution >= 0.6 is 0 Å². The van der Waals surface area contributed by atoms with Gasteiger partial charge in [-0.2, -0.15) is 0 Å². The molecule has 1 aromatic carbocycles. The largest absolute Gasteiger partial charge is 0.444 e. The summed E-state index contributed by atoms with van der Waals surface area (Å²) < 4.78 is 10.8. The standard InChI is InChI=1S/C16H22N2O3/c19-16-18(12-14-4-2-1-3-5-14)13-15(21-16)6-7-17-8-10-20-11-9-17/h1-5,15H,6-13H2/t15-/m0/s1. The number of cyclic esters (lactones) is 1. The number of rotatable bonds is 5. The van der Waals surface area contributed by atoms with Crippen LogP contribution in [0.25, 0.3) is 0 Å². The van der Waals surface area contributed by atoms with Gasteiger partial charge in [-0.15, -0.1) is 0 Å². The molecular weight excluding hydrogens is 268 g/mol. The first-order chi connectivity index (χ1) is 10.3. The molecule has 1 amide bonds. The summed E-state index contributed by atoms with van der Waals surface area (Å²) in [5.41, 5.74) is 1.14. The molecule has 1 aromatic rings. The number of carbonyl (C=O) groups excluding carboxylic acids is 1. The van der Waals surface area contributed by atoms with Crippen LogP contribution in [0, 0.1) is 0 Å². The van der Waals surface area contributed by atoms with Crippen molar-refractivity contribution in [2.45, 2.75) is 19.1 Å². The van der Waals surface area contributed by atoms with E-state index in [1.165, 1.54) is 0 Å². The number of amides is 1. The van der Waals surface area contributed by atoms with Gasteiger partial charge in [0.2, 0.25) is 0 Å². The number of ether oxygens (including phenoxy) is 2. The summed E-state index contributed by atoms with van der Waals surface area (Å²) in [4.78, 5) is 16.1. The summed E-state index contributed by atoms with van der Waals surface area (Å²) in [6.07, 6.45) is 0.728. The van der Waals surface area contributed by atoms with Crippen molar-refractivity contribution in [2.24, 2.45) is 0 Å². The molecule has 0 unspecified atom stereocenters. The first-order valence-electron chi connectivity index (χ1n) is 7.61. The third-order valence-corrected chi connectivity index (χ3v) is 4.04. The maximum Gasteiger partial charge on any atom is 0.410 e. The maximum absolute atomic E-state index is 11.9. The molecule has 2 aliphatic heterocycles. The van der Waals surface area contributed by atoms with E-state index in [1.807, 2.05) is 30.3 Å². The van der Waals surface area contributed by atoms with Gasteiger partial charge in [-0.3, -0.25) is 4.90 Å². The van der Waals surface area contributed by atoms with E-state index < -0.39 is 0 Å². The number of carbonyl (C=O) groups is 1. The molecule has 0 aliphatic carbocycles. The first kappa shape index (κ1) is 14.4. The molecule has 114 valence electrons. The zero-order chi connectivity index (χ0) is 14.5. The highest BCUT2D eigenvalue weighted by atomic mass is 16.6. The van der Waals surface area contributed by atoms with Gasteiger partial charge in [0.25, 0.3) is 0 Å². The third-order valence-electron chi connectivity index (χ3n) is 4.04. The average Bonchev–Trinajstić information content (AvgIpc) is 2.87. The van der Waals surface area contributed by atoms with Crippen molar-refractivity contribution >= 4 is 6.09 Å². The Balaban J connectivity index is 1.45. The van der Waals surface area contributed by atoms with Gasteiger partial charge >= 0.3 is 6.09 Å². The Morgan fingerprint density at radius 2 is 1.90 bits per heavy atom. The Labute approximate surface area is 125 Å². The fraction of sp³-hybridized carbons (Fsp3) is 0.562. The minimum Gasteiger partial charge on any atom is -0.444 e. The van der Waals surface area contributed by atoms with Gasteiger partial charge in [0.15, 0.2) is 0 Å². The highest BCUT2D eigenvalue weighted by Gasteiger charge is 2.31. The lowest BCUT2D eigenvalue weighted by atomic mass is 10.2. The number of morpholine rings is 1. The molecule has 2 fully saturated rings. The number of hydrogen-bond acceptors (Lipinski definition) is 4. The van der Waals surface area contributed by atoms with Crippen LogP contribution in [-0.4, -0.2) is 61.4 Å². The van der Waals surface area contributed by atoms with Gasteiger partial charge in [-0.25, -0.2) is 4.79 Å². The smallest absolute Gasteiger partial charge is 0.410 e. The van der Waals surface area contributed by atoms with Gasteiger partial charge in [0, 0.05) is 26.2 Å². The third kappa shape index (κ3) is 3.95. The van der Waals surface area contributed by atoms with E-state index in [4.69, 9.17) is 9.47 Å². The Kier molecular flexibility index (Phi) is 4.72. The van der Waals surface area contributed by atoms with Crippen molar-refractivity contribution in [1.29, 1.82) is 0 Å². The predicted octanol–water partition coefficient (Wildman–Crippen LogP) is 1.73. The fourth-order valence-corrected chi connectivity index (χ4v) is 2.81. The Morgan fingerprint density at radius 1 is 1.14 bits per heavy atom. The van der Waals surface area contributed by atoms with Crippen molar-refractivity contribution in [1.82, 2.24) is 9.80 Å². The number of nitrogens with zero attached hydrogens (tertiary/aromatic N) is 2. The molecule has 0 bridgehead atoms. The van der Waals surface area contributed by atoms with E-state index in [1.54, 1.807) is 4.90 Å². The molecule has 0 spiro atoms. The molecule has 2 heterocycles. The SMILES string of the molecule is O=C1O[C@@H](CCN2CCOCC2)CN1Cc1ccccc1. The first-order valence-corrected chi connectivity index (χ1v) is 7.61. The van der Waals surface area contributed by atoms with E-state index in [0.717, 1.165) is 44.8 Å². The van der Waals surface area contributed by atoms with E-state index in [2.05, 4.69) is 4.90 Å². The van der Waals surface area contributed by atoms with Gasteiger partial charge in [-0.1, -0.05) is 30.3 Å². The van der Waals surface area contributed by atoms with Crippen LogP contribution in [0.1, 0.15) is 12.0 Å². The van der Waals surface area contributed by atoms with Crippen molar-refractivity contribution in [3.63, 3.8) is 0 Å². The normalized spacial score (nSPS) is 23.3. The van der Waals surface area contributed by atoms with E-state index in [-0.39, 0.29) is 12.2 Å². The average molecular weight is 290 g/mol. The summed E-state index contributed by atoms with van der Waals surface area (Å²) in [7, 11) is 0. The second-order valence-corrected chi connectivity index (χ2v) is 5.61. The second-order valence-electron chi connectivity index (χ2n) is 5.61. The molecule has 1 atom stereocenters. The maximum atomic E-state index is 11.9. The summed E-state index contributed by atoms with van der Waals surface area (Å²) in [6, 6.07) is 10.0. The van der Waals surface area contributed by atoms with Crippen LogP contribution in [0.15, 0.2) is 30.3 Å². The number of benzene rings is 1. The summed E-state index contributed by atoms with van der Waals surface area (Å²) >= 11 is 0. The van der Waals surface area contributed by atoms with Gasteiger partial charge in [0.1, 0.15) is 6.10 Å². The van der Waals surface area contributed by atoms with Gasteiger partial charge in [0.05, 0.1) is 19.8 Å². The van der Waals surface area contributed by atoms with Crippen LogP contribution in [0.5, 0.6) is 0 Å². The Bertz CT molecular complexity index is 460. The topological polar surface area (TPSA) is 42.0 Å². The molecule has 0 aromatic heterocycles. The lowest BCUT2D eigenvalue weighted by molar-refractivity contribution is 0.0315. The van der Waals surface area contributed by atoms with Crippen molar-refractivity contribution in [2.75, 3.05) is 39.4 Å². The van der Waals surface area contributed by atoms with Crippen molar-refractivity contribution < 1.29 is 14.3 Å². The number of hydrogen-bond donors (Lipinski definition) is 0. The molecule has 0 N–H and O–H groups in total. The summed E-state index contributed by atoms with van der Waals surface area (Å²) in [6.45, 7) is 5.88. The van der Waals surface area contributed by atoms with E-state index >= 15 is 0 Å². The molecular formula is C16H22N2O3. The molecule has 2 aliphatic rings. The van der Waals surface area contributed by atoms with E-state index in [0.29, 0.717) is 13.1 Å². The Hall–Kier alpha value is -1.59. The molecule has 21 heavy (non-hydrogen) atoms. The predicted molar refractivity (Wildman–Crippen MR) is 79.0 cm³/mol. The van der Waals surface area contributed by atoms with Gasteiger partial charge < -0.3 is 14.4 Å². The molecule has 0 saturated carbocycles. The molecule has 5 heteroatoms. The second kappa shape index (κ2) is 6.91. The molecule has 3 rings (SSSR count). The van der Waals surface area contributed by atoms with Crippen LogP contribution in [-0.2, 0) is 16.0 Å². The highest BCUT2D eigenvalue weighted by molar-refractivity contribution is 5.69. The Morgan fingerprint density at radius 3 is 2.67 bits per heavy atom. The van der Waals surface area contributed by atoms with E-state index in [9.17, 15) is 4.79 Å². The van der Waals surface area contributed by atoms with Gasteiger partial charge in [-0.05, 0) is 12.0 Å².